The Bertz CT molecular complexity index is 853. The maximum absolute atomic E-state index is 12.2. The van der Waals surface area contributed by atoms with Crippen LogP contribution in [0.2, 0.25) is 0 Å². The topological polar surface area (TPSA) is 48.3 Å². The Kier molecular flexibility index (Phi) is 15.9. The molecule has 4 nitrogen and oxygen atoms in total. The van der Waals surface area contributed by atoms with E-state index in [2.05, 4.69) is 27.0 Å². The summed E-state index contributed by atoms with van der Waals surface area (Å²) >= 11 is 0. The van der Waals surface area contributed by atoms with Crippen LogP contribution in [-0.2, 0) is 11.3 Å². The number of Topliss-reactive ketones (excluding diaryl/α,β-unsaturated/α-hetero) is 1. The molecule has 0 saturated heterocycles. The zero-order valence-corrected chi connectivity index (χ0v) is 22.1. The molecule has 1 heterocycles. The van der Waals surface area contributed by atoms with Crippen LogP contribution in [0.4, 0.5) is 0 Å². The van der Waals surface area contributed by atoms with Crippen molar-refractivity contribution in [3.63, 3.8) is 0 Å². The summed E-state index contributed by atoms with van der Waals surface area (Å²) < 4.78 is 7.02. The number of nitrogens with zero attached hydrogens (tertiary/aromatic N) is 1. The number of aromatic nitrogens is 1. The van der Waals surface area contributed by atoms with Gasteiger partial charge < -0.3 is 9.30 Å². The van der Waals surface area contributed by atoms with Gasteiger partial charge in [-0.25, -0.2) is 0 Å². The number of ketones is 1. The predicted molar refractivity (Wildman–Crippen MR) is 140 cm³/mol. The summed E-state index contributed by atoms with van der Waals surface area (Å²) in [5.41, 5.74) is 3.53. The molecule has 180 valence electrons. The van der Waals surface area contributed by atoms with Gasteiger partial charge in [0.25, 0.3) is 0 Å². The van der Waals surface area contributed by atoms with Crippen molar-refractivity contribution >= 4 is 23.0 Å². The summed E-state index contributed by atoms with van der Waals surface area (Å²) in [4.78, 5) is 23.3. The molecule has 0 amide bonds. The fourth-order valence-corrected chi connectivity index (χ4v) is 2.04. The van der Waals surface area contributed by atoms with Gasteiger partial charge in [-0.05, 0) is 38.8 Å². The average molecular weight is 444 g/mol. The fourth-order valence-electron chi connectivity index (χ4n) is 2.04. The number of hydrogen-bond donors (Lipinski definition) is 0. The Hall–Kier alpha value is -2.62. The minimum absolute atomic E-state index is 0.120. The van der Waals surface area contributed by atoms with Crippen LogP contribution in [0.15, 0.2) is 48.7 Å². The summed E-state index contributed by atoms with van der Waals surface area (Å²) in [6.45, 7) is 25.5. The monoisotopic (exact) mass is 443 g/mol. The van der Waals surface area contributed by atoms with E-state index < -0.39 is 5.41 Å². The van der Waals surface area contributed by atoms with E-state index in [1.54, 1.807) is 13.3 Å². The molecule has 0 aliphatic rings. The molecule has 0 spiro atoms. The van der Waals surface area contributed by atoms with Gasteiger partial charge in [-0.1, -0.05) is 59.6 Å². The molecule has 0 unspecified atom stereocenters. The molecule has 1 aromatic heterocycles. The molecule has 0 fully saturated rings. The first-order valence-electron chi connectivity index (χ1n) is 11.3. The Labute approximate surface area is 196 Å². The summed E-state index contributed by atoms with van der Waals surface area (Å²) in [6.07, 6.45) is 4.76. The van der Waals surface area contributed by atoms with E-state index >= 15 is 0 Å². The first-order chi connectivity index (χ1) is 14.9. The van der Waals surface area contributed by atoms with Crippen molar-refractivity contribution < 1.29 is 14.3 Å². The van der Waals surface area contributed by atoms with Gasteiger partial charge in [-0.15, -0.1) is 13.2 Å². The van der Waals surface area contributed by atoms with Crippen molar-refractivity contribution in [2.45, 2.75) is 81.7 Å². The number of aldehydes is 1. The standard InChI is InChI=1S/C16H19NO3.2C5H10.C2H6/c1-16(2,3)15(19)9-17-8-11(10-18)13-6-5-12(20-4)7-14(13)17;2*1-4-5(2)3;1-2/h5-8,10H,9H2,1-4H3;2*2,4H2,1,3H3;1-2H3. The summed E-state index contributed by atoms with van der Waals surface area (Å²) in [7, 11) is 1.59. The molecule has 0 radical (unpaired) electrons. The molecule has 0 N–H and O–H groups in total. The Balaban J connectivity index is 0. The van der Waals surface area contributed by atoms with Gasteiger partial charge in [0.2, 0.25) is 0 Å². The number of benzene rings is 1. The number of rotatable bonds is 6. The van der Waals surface area contributed by atoms with E-state index in [1.807, 2.05) is 71.2 Å². The molecule has 2 rings (SSSR count). The van der Waals surface area contributed by atoms with Crippen molar-refractivity contribution in [3.8, 4) is 5.75 Å². The highest BCUT2D eigenvalue weighted by molar-refractivity contribution is 5.99. The van der Waals surface area contributed by atoms with Crippen LogP contribution >= 0.6 is 0 Å². The Morgan fingerprint density at radius 1 is 1.06 bits per heavy atom. The molecule has 0 aliphatic heterocycles. The van der Waals surface area contributed by atoms with E-state index in [4.69, 9.17) is 4.74 Å². The molecule has 2 aromatic rings. The molecule has 32 heavy (non-hydrogen) atoms. The third-order valence-electron chi connectivity index (χ3n) is 4.60. The van der Waals surface area contributed by atoms with Crippen LogP contribution in [0, 0.1) is 5.41 Å². The molecule has 0 saturated carbocycles. The Morgan fingerprint density at radius 3 is 1.88 bits per heavy atom. The number of carbonyl (C=O) groups excluding carboxylic acids is 2. The van der Waals surface area contributed by atoms with Gasteiger partial charge >= 0.3 is 0 Å². The highest BCUT2D eigenvalue weighted by atomic mass is 16.5. The second kappa shape index (κ2) is 16.1. The minimum atomic E-state index is -0.406. The van der Waals surface area contributed by atoms with E-state index in [-0.39, 0.29) is 12.3 Å². The first kappa shape index (κ1) is 31.6. The summed E-state index contributed by atoms with van der Waals surface area (Å²) in [6, 6.07) is 5.50. The van der Waals surface area contributed by atoms with Crippen molar-refractivity contribution in [2.24, 2.45) is 5.41 Å². The van der Waals surface area contributed by atoms with Crippen molar-refractivity contribution in [1.82, 2.24) is 4.57 Å². The molecule has 1 aromatic carbocycles. The van der Waals surface area contributed by atoms with Crippen LogP contribution in [-0.4, -0.2) is 23.7 Å². The summed E-state index contributed by atoms with van der Waals surface area (Å²) in [5.74, 6) is 0.826. The Morgan fingerprint density at radius 2 is 1.53 bits per heavy atom. The van der Waals surface area contributed by atoms with Crippen LogP contribution in [0.5, 0.6) is 5.75 Å². The zero-order chi connectivity index (χ0) is 25.5. The number of carbonyl (C=O) groups is 2. The van der Waals surface area contributed by atoms with E-state index in [0.717, 1.165) is 30.0 Å². The molecule has 0 aliphatic carbocycles. The van der Waals surface area contributed by atoms with Crippen LogP contribution in [0.1, 0.15) is 85.5 Å². The highest BCUT2D eigenvalue weighted by Gasteiger charge is 2.22. The number of fused-ring (bicyclic) bond motifs is 1. The number of hydrogen-bond acceptors (Lipinski definition) is 3. The van der Waals surface area contributed by atoms with Gasteiger partial charge in [-0.2, -0.15) is 0 Å². The van der Waals surface area contributed by atoms with E-state index in [0.29, 0.717) is 11.3 Å². The lowest BCUT2D eigenvalue weighted by atomic mass is 9.91. The zero-order valence-electron chi connectivity index (χ0n) is 22.1. The lowest BCUT2D eigenvalue weighted by Crippen LogP contribution is -2.24. The minimum Gasteiger partial charge on any atom is -0.497 e. The second-order valence-corrected chi connectivity index (χ2v) is 8.51. The average Bonchev–Trinajstić information content (AvgIpc) is 3.11. The van der Waals surface area contributed by atoms with Gasteiger partial charge in [0, 0.05) is 28.6 Å². The van der Waals surface area contributed by atoms with Crippen molar-refractivity contribution in [2.75, 3.05) is 7.11 Å². The highest BCUT2D eigenvalue weighted by Crippen LogP contribution is 2.26. The number of allylic oxidation sites excluding steroid dienone is 2. The normalized spacial score (nSPS) is 9.81. The second-order valence-electron chi connectivity index (χ2n) is 8.51. The molecule has 4 heteroatoms. The van der Waals surface area contributed by atoms with Crippen LogP contribution in [0.3, 0.4) is 0 Å². The molecular weight excluding hydrogens is 398 g/mol. The third-order valence-corrected chi connectivity index (χ3v) is 4.60. The van der Waals surface area contributed by atoms with Gasteiger partial charge in [0.1, 0.15) is 5.75 Å². The first-order valence-corrected chi connectivity index (χ1v) is 11.3. The van der Waals surface area contributed by atoms with Crippen molar-refractivity contribution in [1.29, 1.82) is 0 Å². The van der Waals surface area contributed by atoms with E-state index in [1.165, 1.54) is 11.1 Å². The van der Waals surface area contributed by atoms with Crippen LogP contribution < -0.4 is 4.74 Å². The number of methoxy groups -OCH3 is 1. The lowest BCUT2D eigenvalue weighted by molar-refractivity contribution is -0.126. The van der Waals surface area contributed by atoms with Crippen LogP contribution in [0.25, 0.3) is 10.9 Å². The molecular formula is C28H45NO3. The SMILES string of the molecule is C=C(C)CC.C=C(C)CC.CC.COc1ccc2c(C=O)cn(CC(=O)C(C)(C)C)c2c1. The third kappa shape index (κ3) is 11.7. The summed E-state index contributed by atoms with van der Waals surface area (Å²) in [5, 5.41) is 0.836. The fraction of sp³-hybridized carbons (Fsp3) is 0.500. The molecule has 0 atom stereocenters. The smallest absolute Gasteiger partial charge is 0.157 e. The van der Waals surface area contributed by atoms with Gasteiger partial charge in [-0.3, -0.25) is 9.59 Å². The maximum atomic E-state index is 12.2. The van der Waals surface area contributed by atoms with Gasteiger partial charge in [0.15, 0.2) is 12.1 Å². The van der Waals surface area contributed by atoms with E-state index in [9.17, 15) is 9.59 Å². The molecule has 0 bridgehead atoms. The largest absolute Gasteiger partial charge is 0.497 e. The lowest BCUT2D eigenvalue weighted by Gasteiger charge is -2.17. The van der Waals surface area contributed by atoms with Gasteiger partial charge in [0.05, 0.1) is 19.2 Å². The predicted octanol–water partition coefficient (Wildman–Crippen LogP) is 8.05. The quantitative estimate of drug-likeness (QED) is 0.335. The van der Waals surface area contributed by atoms with Crippen molar-refractivity contribution in [3.05, 3.63) is 54.3 Å². The number of ether oxygens (including phenoxy) is 1. The maximum Gasteiger partial charge on any atom is 0.157 e.